The SMILES string of the molecule is CCS(=O)(=O)c1cccc(Cc2nccc(Oc3ccc4[nH]c(C)cc4c3)n2)c1. The third kappa shape index (κ3) is 4.30. The normalized spacial score (nSPS) is 11.7. The van der Waals surface area contributed by atoms with Crippen molar-refractivity contribution < 1.29 is 13.2 Å². The van der Waals surface area contributed by atoms with Crippen LogP contribution >= 0.6 is 0 Å². The maximum absolute atomic E-state index is 12.1. The van der Waals surface area contributed by atoms with Gasteiger partial charge in [0, 0.05) is 35.3 Å². The molecule has 0 amide bonds. The van der Waals surface area contributed by atoms with E-state index < -0.39 is 9.84 Å². The Balaban J connectivity index is 1.55. The molecule has 2 aromatic heterocycles. The predicted molar refractivity (Wildman–Crippen MR) is 112 cm³/mol. The van der Waals surface area contributed by atoms with Crippen LogP contribution in [0.25, 0.3) is 10.9 Å². The van der Waals surface area contributed by atoms with Crippen LogP contribution in [0.2, 0.25) is 0 Å². The second-order valence-electron chi connectivity index (χ2n) is 6.84. The summed E-state index contributed by atoms with van der Waals surface area (Å²) in [6.45, 7) is 3.65. The van der Waals surface area contributed by atoms with Gasteiger partial charge in [0.1, 0.15) is 11.6 Å². The third-order valence-corrected chi connectivity index (χ3v) is 6.36. The van der Waals surface area contributed by atoms with E-state index in [1.807, 2.05) is 31.2 Å². The molecule has 0 aliphatic carbocycles. The summed E-state index contributed by atoms with van der Waals surface area (Å²) in [7, 11) is -3.25. The van der Waals surface area contributed by atoms with Crippen molar-refractivity contribution in [2.45, 2.75) is 25.2 Å². The van der Waals surface area contributed by atoms with Crippen LogP contribution in [-0.2, 0) is 16.3 Å². The Bertz CT molecular complexity index is 1280. The number of nitrogens with zero attached hydrogens (tertiary/aromatic N) is 2. The van der Waals surface area contributed by atoms with E-state index in [1.165, 1.54) is 0 Å². The molecule has 4 rings (SSSR count). The fraction of sp³-hybridized carbons (Fsp3) is 0.182. The van der Waals surface area contributed by atoms with Crippen molar-refractivity contribution in [1.82, 2.24) is 15.0 Å². The Hall–Kier alpha value is -3.19. The maximum atomic E-state index is 12.1. The molecule has 6 nitrogen and oxygen atoms in total. The zero-order valence-electron chi connectivity index (χ0n) is 16.2. The monoisotopic (exact) mass is 407 g/mol. The van der Waals surface area contributed by atoms with E-state index >= 15 is 0 Å². The first-order chi connectivity index (χ1) is 13.9. The van der Waals surface area contributed by atoms with Gasteiger partial charge in [0.05, 0.1) is 10.6 Å². The second-order valence-corrected chi connectivity index (χ2v) is 9.12. The summed E-state index contributed by atoms with van der Waals surface area (Å²) in [6.07, 6.45) is 2.06. The van der Waals surface area contributed by atoms with Crippen molar-refractivity contribution in [3.05, 3.63) is 77.9 Å². The number of nitrogens with one attached hydrogen (secondary N) is 1. The van der Waals surface area contributed by atoms with Crippen LogP contribution in [0.3, 0.4) is 0 Å². The van der Waals surface area contributed by atoms with Gasteiger partial charge in [-0.3, -0.25) is 0 Å². The van der Waals surface area contributed by atoms with E-state index in [0.29, 0.717) is 28.8 Å². The molecule has 2 heterocycles. The van der Waals surface area contributed by atoms with E-state index in [4.69, 9.17) is 4.74 Å². The third-order valence-electron chi connectivity index (χ3n) is 4.63. The van der Waals surface area contributed by atoms with Gasteiger partial charge in [-0.05, 0) is 48.9 Å². The first-order valence-corrected chi connectivity index (χ1v) is 11.0. The fourth-order valence-electron chi connectivity index (χ4n) is 3.16. The molecule has 7 heteroatoms. The van der Waals surface area contributed by atoms with Crippen LogP contribution in [0.1, 0.15) is 24.0 Å². The van der Waals surface area contributed by atoms with Gasteiger partial charge in [-0.25, -0.2) is 13.4 Å². The highest BCUT2D eigenvalue weighted by Crippen LogP contribution is 2.25. The number of rotatable bonds is 6. The lowest BCUT2D eigenvalue weighted by atomic mass is 10.1. The largest absolute Gasteiger partial charge is 0.439 e. The molecule has 0 atom stereocenters. The summed E-state index contributed by atoms with van der Waals surface area (Å²) in [4.78, 5) is 12.4. The number of hydrogen-bond acceptors (Lipinski definition) is 5. The molecule has 0 aliphatic rings. The number of sulfone groups is 1. The van der Waals surface area contributed by atoms with Gasteiger partial charge in [-0.1, -0.05) is 19.1 Å². The first-order valence-electron chi connectivity index (χ1n) is 9.34. The fourth-order valence-corrected chi connectivity index (χ4v) is 4.11. The van der Waals surface area contributed by atoms with Crippen LogP contribution in [0.15, 0.2) is 65.7 Å². The van der Waals surface area contributed by atoms with Gasteiger partial charge in [0.25, 0.3) is 0 Å². The smallest absolute Gasteiger partial charge is 0.222 e. The summed E-state index contributed by atoms with van der Waals surface area (Å²) in [5.41, 5.74) is 2.98. The van der Waals surface area contributed by atoms with Crippen molar-refractivity contribution in [2.75, 3.05) is 5.75 Å². The summed E-state index contributed by atoms with van der Waals surface area (Å²) in [5.74, 6) is 1.77. The van der Waals surface area contributed by atoms with Crippen molar-refractivity contribution in [1.29, 1.82) is 0 Å². The number of aryl methyl sites for hydroxylation is 1. The number of fused-ring (bicyclic) bond motifs is 1. The maximum Gasteiger partial charge on any atom is 0.222 e. The van der Waals surface area contributed by atoms with Gasteiger partial charge in [-0.15, -0.1) is 0 Å². The van der Waals surface area contributed by atoms with Crippen molar-refractivity contribution in [2.24, 2.45) is 0 Å². The second kappa shape index (κ2) is 7.67. The minimum Gasteiger partial charge on any atom is -0.439 e. The number of H-pyrrole nitrogens is 1. The zero-order valence-corrected chi connectivity index (χ0v) is 17.0. The number of benzene rings is 2. The molecule has 0 saturated carbocycles. The van der Waals surface area contributed by atoms with E-state index in [0.717, 1.165) is 22.2 Å². The Labute approximate surface area is 169 Å². The summed E-state index contributed by atoms with van der Waals surface area (Å²) in [6, 6.07) is 16.5. The lowest BCUT2D eigenvalue weighted by Gasteiger charge is -2.08. The number of hydrogen-bond donors (Lipinski definition) is 1. The van der Waals surface area contributed by atoms with E-state index in [9.17, 15) is 8.42 Å². The summed E-state index contributed by atoms with van der Waals surface area (Å²) >= 11 is 0. The molecule has 29 heavy (non-hydrogen) atoms. The topological polar surface area (TPSA) is 84.9 Å². The molecular weight excluding hydrogens is 386 g/mol. The average Bonchev–Trinajstić information content (AvgIpc) is 3.08. The molecule has 0 saturated heterocycles. The highest BCUT2D eigenvalue weighted by atomic mass is 32.2. The molecule has 0 fully saturated rings. The lowest BCUT2D eigenvalue weighted by molar-refractivity contribution is 0.459. The highest BCUT2D eigenvalue weighted by Gasteiger charge is 2.12. The van der Waals surface area contributed by atoms with E-state index in [2.05, 4.69) is 21.0 Å². The molecule has 0 radical (unpaired) electrons. The average molecular weight is 407 g/mol. The minimum atomic E-state index is -3.25. The molecule has 0 unspecified atom stereocenters. The summed E-state index contributed by atoms with van der Waals surface area (Å²) in [5, 5.41) is 1.07. The van der Waals surface area contributed by atoms with Crippen LogP contribution in [-0.4, -0.2) is 29.1 Å². The molecule has 0 bridgehead atoms. The van der Waals surface area contributed by atoms with Crippen molar-refractivity contribution in [3.8, 4) is 11.6 Å². The van der Waals surface area contributed by atoms with Gasteiger partial charge < -0.3 is 9.72 Å². The van der Waals surface area contributed by atoms with Gasteiger partial charge in [0.15, 0.2) is 9.84 Å². The summed E-state index contributed by atoms with van der Waals surface area (Å²) < 4.78 is 30.1. The highest BCUT2D eigenvalue weighted by molar-refractivity contribution is 7.91. The Morgan fingerprint density at radius 2 is 1.93 bits per heavy atom. The Morgan fingerprint density at radius 1 is 1.07 bits per heavy atom. The van der Waals surface area contributed by atoms with Crippen LogP contribution in [0.4, 0.5) is 0 Å². The molecule has 4 aromatic rings. The molecule has 148 valence electrons. The van der Waals surface area contributed by atoms with E-state index in [1.54, 1.807) is 37.4 Å². The Kier molecular flexibility index (Phi) is 5.07. The van der Waals surface area contributed by atoms with Gasteiger partial charge >= 0.3 is 0 Å². The predicted octanol–water partition coefficient (Wildman–Crippen LogP) is 4.44. The number of aromatic amines is 1. The lowest BCUT2D eigenvalue weighted by Crippen LogP contribution is -2.05. The quantitative estimate of drug-likeness (QED) is 0.511. The van der Waals surface area contributed by atoms with Crippen LogP contribution < -0.4 is 4.74 Å². The molecule has 0 spiro atoms. The Morgan fingerprint density at radius 3 is 2.76 bits per heavy atom. The van der Waals surface area contributed by atoms with Crippen LogP contribution in [0, 0.1) is 6.92 Å². The molecule has 2 aromatic carbocycles. The minimum absolute atomic E-state index is 0.0707. The molecule has 0 aliphatic heterocycles. The van der Waals surface area contributed by atoms with Crippen molar-refractivity contribution >= 4 is 20.7 Å². The molecule has 1 N–H and O–H groups in total. The van der Waals surface area contributed by atoms with Crippen molar-refractivity contribution in [3.63, 3.8) is 0 Å². The van der Waals surface area contributed by atoms with Crippen LogP contribution in [0.5, 0.6) is 11.6 Å². The van der Waals surface area contributed by atoms with Gasteiger partial charge in [-0.2, -0.15) is 4.98 Å². The number of aromatic nitrogens is 3. The van der Waals surface area contributed by atoms with Gasteiger partial charge in [0.2, 0.25) is 5.88 Å². The van der Waals surface area contributed by atoms with E-state index in [-0.39, 0.29) is 5.75 Å². The zero-order chi connectivity index (χ0) is 20.4. The standard InChI is InChI=1S/C22H21N3O3S/c1-3-29(26,27)19-6-4-5-16(12-19)13-21-23-10-9-22(25-21)28-18-7-8-20-17(14-18)11-15(2)24-20/h4-12,14,24H,3,13H2,1-2H3. The number of ether oxygens (including phenoxy) is 1. The first kappa shape index (κ1) is 19.1. The molecular formula is C22H21N3O3S.